The number of carbonyl (C=O) groups is 2. The minimum absolute atomic E-state index is 0.00825. The van der Waals surface area contributed by atoms with E-state index in [-0.39, 0.29) is 30.3 Å². The van der Waals surface area contributed by atoms with Gasteiger partial charge >= 0.3 is 0 Å². The summed E-state index contributed by atoms with van der Waals surface area (Å²) in [4.78, 5) is 25.6. The molecule has 130 valence electrons. The molecule has 6 nitrogen and oxygen atoms in total. The highest BCUT2D eigenvalue weighted by molar-refractivity contribution is 5.98. The zero-order valence-electron chi connectivity index (χ0n) is 14.2. The van der Waals surface area contributed by atoms with Crippen molar-refractivity contribution in [3.05, 3.63) is 23.8 Å². The molecule has 0 unspecified atom stereocenters. The molecule has 2 heterocycles. The fourth-order valence-corrected chi connectivity index (χ4v) is 3.08. The maximum absolute atomic E-state index is 12.4. The lowest BCUT2D eigenvalue weighted by Crippen LogP contribution is -2.26. The molecule has 2 aliphatic rings. The van der Waals surface area contributed by atoms with E-state index >= 15 is 0 Å². The number of rotatable bonds is 5. The molecule has 3 rings (SSSR count). The van der Waals surface area contributed by atoms with Gasteiger partial charge in [-0.3, -0.25) is 9.59 Å². The van der Waals surface area contributed by atoms with E-state index in [0.29, 0.717) is 24.6 Å². The summed E-state index contributed by atoms with van der Waals surface area (Å²) in [5, 5.41) is 2.91. The van der Waals surface area contributed by atoms with E-state index in [4.69, 9.17) is 9.47 Å². The molecule has 0 aliphatic carbocycles. The molecule has 6 heteroatoms. The first-order valence-corrected chi connectivity index (χ1v) is 8.43. The summed E-state index contributed by atoms with van der Waals surface area (Å²) >= 11 is 0. The van der Waals surface area contributed by atoms with Gasteiger partial charge in [-0.15, -0.1) is 0 Å². The number of nitrogens with one attached hydrogen (secondary N) is 1. The second-order valence-corrected chi connectivity index (χ2v) is 6.61. The van der Waals surface area contributed by atoms with Gasteiger partial charge in [0.2, 0.25) is 11.8 Å². The van der Waals surface area contributed by atoms with Crippen molar-refractivity contribution in [2.24, 2.45) is 5.92 Å². The van der Waals surface area contributed by atoms with Gasteiger partial charge in [-0.25, -0.2) is 0 Å². The molecular formula is C18H24N2O4. The van der Waals surface area contributed by atoms with Crippen LogP contribution in [-0.4, -0.2) is 49.6 Å². The van der Waals surface area contributed by atoms with Crippen LogP contribution < -0.4 is 10.1 Å². The van der Waals surface area contributed by atoms with E-state index in [1.807, 2.05) is 25.1 Å². The Bertz CT molecular complexity index is 625. The Kier molecular flexibility index (Phi) is 5.04. The SMILES string of the molecule is Cc1ccc(NC(=O)[C@@H]2CC(=O)N(C)C2)c(OC[C@@H]2CCCO2)c1. The molecule has 24 heavy (non-hydrogen) atoms. The van der Waals surface area contributed by atoms with E-state index in [1.165, 1.54) is 0 Å². The van der Waals surface area contributed by atoms with Crippen LogP contribution >= 0.6 is 0 Å². The van der Waals surface area contributed by atoms with Gasteiger partial charge in [-0.2, -0.15) is 0 Å². The van der Waals surface area contributed by atoms with Crippen LogP contribution in [-0.2, 0) is 14.3 Å². The Morgan fingerprint density at radius 3 is 2.96 bits per heavy atom. The van der Waals surface area contributed by atoms with E-state index in [1.54, 1.807) is 11.9 Å². The first-order chi connectivity index (χ1) is 11.5. The Morgan fingerprint density at radius 2 is 2.29 bits per heavy atom. The Balaban J connectivity index is 1.65. The summed E-state index contributed by atoms with van der Waals surface area (Å²) < 4.78 is 11.5. The number of ether oxygens (including phenoxy) is 2. The van der Waals surface area contributed by atoms with Crippen molar-refractivity contribution in [3.63, 3.8) is 0 Å². The number of carbonyl (C=O) groups excluding carboxylic acids is 2. The maximum atomic E-state index is 12.4. The lowest BCUT2D eigenvalue weighted by Gasteiger charge is -2.17. The summed E-state index contributed by atoms with van der Waals surface area (Å²) in [6.07, 6.45) is 2.45. The van der Waals surface area contributed by atoms with Crippen molar-refractivity contribution < 1.29 is 19.1 Å². The van der Waals surface area contributed by atoms with Crippen molar-refractivity contribution in [2.45, 2.75) is 32.3 Å². The number of likely N-dealkylation sites (tertiary alicyclic amines) is 1. The van der Waals surface area contributed by atoms with Crippen molar-refractivity contribution >= 4 is 17.5 Å². The molecule has 0 bridgehead atoms. The summed E-state index contributed by atoms with van der Waals surface area (Å²) in [5.41, 5.74) is 1.71. The van der Waals surface area contributed by atoms with Gasteiger partial charge in [0, 0.05) is 26.6 Å². The molecule has 2 fully saturated rings. The average Bonchev–Trinajstić information content (AvgIpc) is 3.18. The number of hydrogen-bond acceptors (Lipinski definition) is 4. The number of anilines is 1. The van der Waals surface area contributed by atoms with Crippen LogP contribution in [0.4, 0.5) is 5.69 Å². The minimum Gasteiger partial charge on any atom is -0.489 e. The first-order valence-electron chi connectivity index (χ1n) is 8.43. The van der Waals surface area contributed by atoms with E-state index in [2.05, 4.69) is 5.32 Å². The Labute approximate surface area is 142 Å². The van der Waals surface area contributed by atoms with E-state index in [0.717, 1.165) is 25.0 Å². The van der Waals surface area contributed by atoms with Gasteiger partial charge in [0.05, 0.1) is 17.7 Å². The predicted octanol–water partition coefficient (Wildman–Crippen LogP) is 1.97. The van der Waals surface area contributed by atoms with Crippen molar-refractivity contribution in [3.8, 4) is 5.75 Å². The highest BCUT2D eigenvalue weighted by Crippen LogP contribution is 2.28. The molecule has 0 radical (unpaired) electrons. The van der Waals surface area contributed by atoms with Gasteiger partial charge in [0.15, 0.2) is 0 Å². The van der Waals surface area contributed by atoms with Crippen molar-refractivity contribution in [2.75, 3.05) is 32.1 Å². The number of aryl methyl sites for hydroxylation is 1. The van der Waals surface area contributed by atoms with Gasteiger partial charge in [-0.05, 0) is 37.5 Å². The third-order valence-corrected chi connectivity index (χ3v) is 4.56. The summed E-state index contributed by atoms with van der Waals surface area (Å²) in [6.45, 7) is 3.71. The lowest BCUT2D eigenvalue weighted by molar-refractivity contribution is -0.127. The number of hydrogen-bond donors (Lipinski definition) is 1. The monoisotopic (exact) mass is 332 g/mol. The van der Waals surface area contributed by atoms with Crippen molar-refractivity contribution in [1.29, 1.82) is 0 Å². The van der Waals surface area contributed by atoms with Crippen LogP contribution in [0.25, 0.3) is 0 Å². The highest BCUT2D eigenvalue weighted by Gasteiger charge is 2.32. The normalized spacial score (nSPS) is 23.6. The number of nitrogens with zero attached hydrogens (tertiary/aromatic N) is 1. The molecule has 1 aromatic carbocycles. The fraction of sp³-hybridized carbons (Fsp3) is 0.556. The van der Waals surface area contributed by atoms with Crippen LogP contribution in [0.1, 0.15) is 24.8 Å². The molecule has 2 saturated heterocycles. The van der Waals surface area contributed by atoms with Gasteiger partial charge in [0.25, 0.3) is 0 Å². The van der Waals surface area contributed by atoms with Crippen LogP contribution in [0.3, 0.4) is 0 Å². The zero-order valence-corrected chi connectivity index (χ0v) is 14.2. The van der Waals surface area contributed by atoms with Gasteiger partial charge < -0.3 is 19.7 Å². The quantitative estimate of drug-likeness (QED) is 0.895. The number of amides is 2. The van der Waals surface area contributed by atoms with Crippen LogP contribution in [0, 0.1) is 12.8 Å². The average molecular weight is 332 g/mol. The third kappa shape index (κ3) is 3.87. The molecule has 2 aliphatic heterocycles. The third-order valence-electron chi connectivity index (χ3n) is 4.56. The standard InChI is InChI=1S/C18H24N2O4/c1-12-5-6-15(16(8-12)24-11-14-4-3-7-23-14)19-18(22)13-9-17(21)20(2)10-13/h5-6,8,13-14H,3-4,7,9-11H2,1-2H3,(H,19,22)/t13-,14+/m1/s1. The number of benzene rings is 1. The summed E-state index contributed by atoms with van der Waals surface area (Å²) in [6, 6.07) is 5.69. The van der Waals surface area contributed by atoms with Crippen molar-refractivity contribution in [1.82, 2.24) is 4.90 Å². The topological polar surface area (TPSA) is 67.9 Å². The summed E-state index contributed by atoms with van der Waals surface area (Å²) in [7, 11) is 1.72. The Hall–Kier alpha value is -2.08. The largest absolute Gasteiger partial charge is 0.489 e. The highest BCUT2D eigenvalue weighted by atomic mass is 16.5. The first kappa shape index (κ1) is 16.8. The zero-order chi connectivity index (χ0) is 17.1. The molecule has 1 aromatic rings. The molecule has 0 saturated carbocycles. The predicted molar refractivity (Wildman–Crippen MR) is 90.0 cm³/mol. The van der Waals surface area contributed by atoms with E-state index in [9.17, 15) is 9.59 Å². The second kappa shape index (κ2) is 7.21. The van der Waals surface area contributed by atoms with Gasteiger partial charge in [0.1, 0.15) is 12.4 Å². The van der Waals surface area contributed by atoms with Gasteiger partial charge in [-0.1, -0.05) is 6.07 Å². The molecule has 2 amide bonds. The summed E-state index contributed by atoms with van der Waals surface area (Å²) in [5.74, 6) is 0.207. The van der Waals surface area contributed by atoms with Crippen LogP contribution in [0.2, 0.25) is 0 Å². The van der Waals surface area contributed by atoms with Crippen LogP contribution in [0.5, 0.6) is 5.75 Å². The molecule has 1 N–H and O–H groups in total. The van der Waals surface area contributed by atoms with Crippen LogP contribution in [0.15, 0.2) is 18.2 Å². The molecular weight excluding hydrogens is 308 g/mol. The minimum atomic E-state index is -0.310. The molecule has 0 spiro atoms. The Morgan fingerprint density at radius 1 is 1.46 bits per heavy atom. The second-order valence-electron chi connectivity index (χ2n) is 6.61. The fourth-order valence-electron chi connectivity index (χ4n) is 3.08. The smallest absolute Gasteiger partial charge is 0.229 e. The molecule has 0 aromatic heterocycles. The lowest BCUT2D eigenvalue weighted by atomic mass is 10.1. The van der Waals surface area contributed by atoms with E-state index < -0.39 is 0 Å². The molecule has 2 atom stereocenters. The maximum Gasteiger partial charge on any atom is 0.229 e.